The summed E-state index contributed by atoms with van der Waals surface area (Å²) < 4.78 is 11.4. The molecule has 0 aliphatic heterocycles. The van der Waals surface area contributed by atoms with E-state index in [9.17, 15) is 9.59 Å². The second kappa shape index (κ2) is 7.62. The average Bonchev–Trinajstić information content (AvgIpc) is 3.27. The van der Waals surface area contributed by atoms with Gasteiger partial charge in [0.2, 0.25) is 5.91 Å². The number of ether oxygens (including phenoxy) is 2. The van der Waals surface area contributed by atoms with Crippen molar-refractivity contribution in [2.45, 2.75) is 12.8 Å². The Morgan fingerprint density at radius 3 is 2.60 bits per heavy atom. The Hall–Kier alpha value is -2.45. The molecule has 130 valence electrons. The summed E-state index contributed by atoms with van der Waals surface area (Å²) in [5, 5.41) is 5.07. The predicted molar refractivity (Wildman–Crippen MR) is 99.2 cm³/mol. The molecule has 25 heavy (non-hydrogen) atoms. The molecule has 2 heterocycles. The molecule has 8 heteroatoms. The molecule has 0 unspecified atom stereocenters. The molecule has 0 aliphatic carbocycles. The van der Waals surface area contributed by atoms with Crippen molar-refractivity contribution in [3.05, 3.63) is 34.5 Å². The number of thiazole rings is 1. The van der Waals surface area contributed by atoms with Gasteiger partial charge in [0.25, 0.3) is 0 Å². The van der Waals surface area contributed by atoms with Crippen LogP contribution in [0.15, 0.2) is 29.6 Å². The van der Waals surface area contributed by atoms with Crippen molar-refractivity contribution in [3.8, 4) is 11.5 Å². The second-order valence-electron chi connectivity index (χ2n) is 5.14. The van der Waals surface area contributed by atoms with Crippen LogP contribution in [0.5, 0.6) is 11.5 Å². The smallest absolute Gasteiger partial charge is 0.226 e. The highest BCUT2D eigenvalue weighted by Gasteiger charge is 2.14. The Morgan fingerprint density at radius 1 is 1.16 bits per heavy atom. The normalized spacial score (nSPS) is 10.6. The van der Waals surface area contributed by atoms with E-state index in [1.54, 1.807) is 26.4 Å². The van der Waals surface area contributed by atoms with Crippen LogP contribution in [0.3, 0.4) is 0 Å². The summed E-state index contributed by atoms with van der Waals surface area (Å²) in [6.07, 6.45) is 0.304. The molecule has 2 aromatic heterocycles. The van der Waals surface area contributed by atoms with Gasteiger partial charge in [-0.25, -0.2) is 4.98 Å². The Labute approximate surface area is 152 Å². The summed E-state index contributed by atoms with van der Waals surface area (Å²) in [6.45, 7) is 0. The molecule has 0 radical (unpaired) electrons. The van der Waals surface area contributed by atoms with E-state index in [0.717, 1.165) is 4.70 Å². The van der Waals surface area contributed by atoms with Gasteiger partial charge < -0.3 is 14.8 Å². The number of rotatable bonds is 7. The maximum atomic E-state index is 12.1. The number of anilines is 1. The number of carbonyl (C=O) groups excluding carboxylic acids is 2. The van der Waals surface area contributed by atoms with E-state index in [4.69, 9.17) is 9.47 Å². The van der Waals surface area contributed by atoms with Gasteiger partial charge in [-0.2, -0.15) is 0 Å². The highest BCUT2D eigenvalue weighted by Crippen LogP contribution is 2.36. The maximum absolute atomic E-state index is 12.1. The number of ketones is 1. The van der Waals surface area contributed by atoms with Gasteiger partial charge in [-0.1, -0.05) is 17.4 Å². The number of thiophene rings is 1. The lowest BCUT2D eigenvalue weighted by Gasteiger charge is -2.05. The second-order valence-corrected chi connectivity index (χ2v) is 7.12. The van der Waals surface area contributed by atoms with Gasteiger partial charge in [-0.15, -0.1) is 11.3 Å². The van der Waals surface area contributed by atoms with Crippen molar-refractivity contribution in [1.29, 1.82) is 0 Å². The molecule has 0 fully saturated rings. The van der Waals surface area contributed by atoms with E-state index in [1.165, 1.54) is 22.7 Å². The lowest BCUT2D eigenvalue weighted by Crippen LogP contribution is -2.12. The lowest BCUT2D eigenvalue weighted by molar-refractivity contribution is -0.116. The molecule has 1 N–H and O–H groups in total. The minimum absolute atomic E-state index is 0.0241. The third kappa shape index (κ3) is 3.97. The molecule has 0 atom stereocenters. The average molecular weight is 376 g/mol. The molecule has 1 amide bonds. The van der Waals surface area contributed by atoms with Crippen LogP contribution < -0.4 is 14.8 Å². The fourth-order valence-electron chi connectivity index (χ4n) is 2.28. The van der Waals surface area contributed by atoms with Crippen LogP contribution in [0, 0.1) is 0 Å². The van der Waals surface area contributed by atoms with Crippen molar-refractivity contribution in [2.75, 3.05) is 19.5 Å². The summed E-state index contributed by atoms with van der Waals surface area (Å²) in [6, 6.07) is 7.17. The third-order valence-corrected chi connectivity index (χ3v) is 5.36. The number of aromatic nitrogens is 1. The Kier molecular flexibility index (Phi) is 5.30. The van der Waals surface area contributed by atoms with Gasteiger partial charge in [0.1, 0.15) is 0 Å². The summed E-state index contributed by atoms with van der Waals surface area (Å²) in [5.74, 6) is 0.935. The van der Waals surface area contributed by atoms with E-state index >= 15 is 0 Å². The van der Waals surface area contributed by atoms with E-state index in [-0.39, 0.29) is 24.5 Å². The first kappa shape index (κ1) is 17.4. The van der Waals surface area contributed by atoms with Crippen molar-refractivity contribution in [2.24, 2.45) is 0 Å². The zero-order valence-corrected chi connectivity index (χ0v) is 15.3. The molecule has 0 spiro atoms. The predicted octanol–water partition coefficient (Wildman–Crippen LogP) is 3.98. The number of carbonyl (C=O) groups is 2. The molecule has 0 bridgehead atoms. The van der Waals surface area contributed by atoms with Gasteiger partial charge in [-0.3, -0.25) is 9.59 Å². The fourth-order valence-corrected chi connectivity index (χ4v) is 3.86. The number of fused-ring (bicyclic) bond motifs is 1. The Morgan fingerprint density at radius 2 is 1.92 bits per heavy atom. The summed E-state index contributed by atoms with van der Waals surface area (Å²) in [4.78, 5) is 29.1. The van der Waals surface area contributed by atoms with Crippen LogP contribution in [0.2, 0.25) is 0 Å². The van der Waals surface area contributed by atoms with Crippen molar-refractivity contribution >= 4 is 49.7 Å². The quantitative estimate of drug-likeness (QED) is 0.631. The SMILES string of the molecule is COc1cc2nc(NC(=O)CCC(=O)c3cccs3)sc2cc1OC. The van der Waals surface area contributed by atoms with Gasteiger partial charge in [-0.05, 0) is 11.4 Å². The molecular weight excluding hydrogens is 360 g/mol. The third-order valence-electron chi connectivity index (χ3n) is 3.52. The Bertz CT molecular complexity index is 862. The highest BCUT2D eigenvalue weighted by atomic mass is 32.1. The van der Waals surface area contributed by atoms with Crippen LogP contribution in [0.4, 0.5) is 5.13 Å². The van der Waals surface area contributed by atoms with Crippen LogP contribution in [-0.4, -0.2) is 30.9 Å². The fraction of sp³-hybridized carbons (Fsp3) is 0.235. The van der Waals surface area contributed by atoms with E-state index < -0.39 is 0 Å². The summed E-state index contributed by atoms with van der Waals surface area (Å²) >= 11 is 2.73. The van der Waals surface area contributed by atoms with E-state index in [1.807, 2.05) is 17.5 Å². The van der Waals surface area contributed by atoms with Gasteiger partial charge in [0.15, 0.2) is 22.4 Å². The van der Waals surface area contributed by atoms with Gasteiger partial charge >= 0.3 is 0 Å². The largest absolute Gasteiger partial charge is 0.493 e. The molecule has 0 aliphatic rings. The zero-order chi connectivity index (χ0) is 17.8. The molecular formula is C17H16N2O4S2. The number of hydrogen-bond donors (Lipinski definition) is 1. The lowest BCUT2D eigenvalue weighted by atomic mass is 10.2. The van der Waals surface area contributed by atoms with E-state index in [0.29, 0.717) is 27.0 Å². The van der Waals surface area contributed by atoms with Crippen molar-refractivity contribution in [1.82, 2.24) is 4.98 Å². The number of methoxy groups -OCH3 is 2. The molecule has 6 nitrogen and oxygen atoms in total. The monoisotopic (exact) mass is 376 g/mol. The first-order chi connectivity index (χ1) is 12.1. The molecule has 1 aromatic carbocycles. The molecule has 0 saturated carbocycles. The number of nitrogens with one attached hydrogen (secondary N) is 1. The first-order valence-electron chi connectivity index (χ1n) is 7.50. The molecule has 0 saturated heterocycles. The number of nitrogens with zero attached hydrogens (tertiary/aromatic N) is 1. The number of Topliss-reactive ketones (excluding diaryl/α,β-unsaturated/α-hetero) is 1. The maximum Gasteiger partial charge on any atom is 0.226 e. The zero-order valence-electron chi connectivity index (χ0n) is 13.7. The highest BCUT2D eigenvalue weighted by molar-refractivity contribution is 7.22. The Balaban J connectivity index is 1.66. The van der Waals surface area contributed by atoms with Crippen LogP contribution in [0.25, 0.3) is 10.2 Å². The summed E-state index contributed by atoms with van der Waals surface area (Å²) in [7, 11) is 3.13. The number of amides is 1. The minimum Gasteiger partial charge on any atom is -0.493 e. The van der Waals surface area contributed by atoms with Crippen LogP contribution in [-0.2, 0) is 4.79 Å². The van der Waals surface area contributed by atoms with Crippen molar-refractivity contribution in [3.63, 3.8) is 0 Å². The summed E-state index contributed by atoms with van der Waals surface area (Å²) in [5.41, 5.74) is 0.715. The minimum atomic E-state index is -0.233. The number of benzene rings is 1. The molecule has 3 rings (SSSR count). The first-order valence-corrected chi connectivity index (χ1v) is 9.19. The van der Waals surface area contributed by atoms with E-state index in [2.05, 4.69) is 10.3 Å². The molecule has 3 aromatic rings. The van der Waals surface area contributed by atoms with Crippen molar-refractivity contribution < 1.29 is 19.1 Å². The van der Waals surface area contributed by atoms with Crippen LogP contribution in [0.1, 0.15) is 22.5 Å². The topological polar surface area (TPSA) is 77.5 Å². The van der Waals surface area contributed by atoms with Gasteiger partial charge in [0, 0.05) is 25.0 Å². The van der Waals surface area contributed by atoms with Crippen LogP contribution >= 0.6 is 22.7 Å². The standard InChI is InChI=1S/C17H16N2O4S2/c1-22-12-8-10-15(9-13(12)23-2)25-17(18-10)19-16(21)6-5-11(20)14-4-3-7-24-14/h3-4,7-9H,5-6H2,1-2H3,(H,18,19,21). The van der Waals surface area contributed by atoms with Gasteiger partial charge in [0.05, 0.1) is 29.3 Å². The number of hydrogen-bond acceptors (Lipinski definition) is 7.